The Morgan fingerprint density at radius 1 is 0.893 bits per heavy atom. The molecular formula is C21H29Cl2IN2O2. The summed E-state index contributed by atoms with van der Waals surface area (Å²) in [5.74, 6) is 0. The number of nitrogens with zero attached hydrogens (tertiary/aromatic N) is 2. The predicted octanol–water partition coefficient (Wildman–Crippen LogP) is 4.16. The SMILES string of the molecule is Cl.Cl.OC(COCc1ccccc1)CN1CCN(C(I)c2ccccc2)CC1. The molecule has 0 aromatic heterocycles. The first-order valence-electron chi connectivity index (χ1n) is 9.17. The van der Waals surface area contributed by atoms with E-state index in [1.165, 1.54) is 5.56 Å². The van der Waals surface area contributed by atoms with Crippen molar-refractivity contribution in [1.82, 2.24) is 9.80 Å². The molecule has 0 saturated carbocycles. The predicted molar refractivity (Wildman–Crippen MR) is 128 cm³/mol. The minimum Gasteiger partial charge on any atom is -0.389 e. The van der Waals surface area contributed by atoms with Gasteiger partial charge in [-0.25, -0.2) is 0 Å². The van der Waals surface area contributed by atoms with Crippen LogP contribution in [0.3, 0.4) is 0 Å². The topological polar surface area (TPSA) is 35.9 Å². The van der Waals surface area contributed by atoms with Crippen molar-refractivity contribution in [3.8, 4) is 0 Å². The minimum atomic E-state index is -0.435. The zero-order chi connectivity index (χ0) is 18.2. The second-order valence-corrected chi connectivity index (χ2v) is 7.92. The molecule has 1 saturated heterocycles. The summed E-state index contributed by atoms with van der Waals surface area (Å²) in [5, 5.41) is 10.3. The van der Waals surface area contributed by atoms with Crippen molar-refractivity contribution in [2.24, 2.45) is 0 Å². The van der Waals surface area contributed by atoms with Crippen LogP contribution in [0.1, 0.15) is 15.2 Å². The van der Waals surface area contributed by atoms with E-state index >= 15 is 0 Å². The number of hydrogen-bond acceptors (Lipinski definition) is 4. The third-order valence-electron chi connectivity index (χ3n) is 4.69. The average Bonchev–Trinajstić information content (AvgIpc) is 2.69. The van der Waals surface area contributed by atoms with E-state index < -0.39 is 6.10 Å². The number of alkyl halides is 1. The van der Waals surface area contributed by atoms with Gasteiger partial charge in [0.2, 0.25) is 0 Å². The summed E-state index contributed by atoms with van der Waals surface area (Å²) in [6.45, 7) is 5.65. The molecule has 1 heterocycles. The van der Waals surface area contributed by atoms with Gasteiger partial charge in [0.05, 0.1) is 23.4 Å². The van der Waals surface area contributed by atoms with Crippen LogP contribution in [0.15, 0.2) is 60.7 Å². The molecule has 0 amide bonds. The van der Waals surface area contributed by atoms with Crippen LogP contribution in [0, 0.1) is 0 Å². The van der Waals surface area contributed by atoms with Gasteiger partial charge in [-0.15, -0.1) is 24.8 Å². The molecule has 1 fully saturated rings. The van der Waals surface area contributed by atoms with Crippen LogP contribution in [-0.2, 0) is 11.3 Å². The maximum absolute atomic E-state index is 10.3. The van der Waals surface area contributed by atoms with Crippen molar-refractivity contribution in [3.63, 3.8) is 0 Å². The van der Waals surface area contributed by atoms with Crippen LogP contribution in [0.5, 0.6) is 0 Å². The van der Waals surface area contributed by atoms with E-state index in [-0.39, 0.29) is 24.8 Å². The molecule has 1 aliphatic rings. The van der Waals surface area contributed by atoms with Gasteiger partial charge in [-0.3, -0.25) is 9.80 Å². The summed E-state index contributed by atoms with van der Waals surface area (Å²) in [6.07, 6.45) is -0.435. The molecule has 28 heavy (non-hydrogen) atoms. The largest absolute Gasteiger partial charge is 0.389 e. The number of aliphatic hydroxyl groups excluding tert-OH is 1. The molecule has 2 aromatic carbocycles. The molecule has 7 heteroatoms. The first-order chi connectivity index (χ1) is 12.7. The molecule has 0 bridgehead atoms. The normalized spacial score (nSPS) is 17.2. The van der Waals surface area contributed by atoms with E-state index in [0.717, 1.165) is 31.7 Å². The highest BCUT2D eigenvalue weighted by molar-refractivity contribution is 14.1. The van der Waals surface area contributed by atoms with E-state index in [1.54, 1.807) is 0 Å². The van der Waals surface area contributed by atoms with Crippen LogP contribution in [0.2, 0.25) is 0 Å². The van der Waals surface area contributed by atoms with Gasteiger partial charge in [0.15, 0.2) is 0 Å². The fraction of sp³-hybridized carbons (Fsp3) is 0.429. The summed E-state index contributed by atoms with van der Waals surface area (Å²) < 4.78 is 6.06. The lowest BCUT2D eigenvalue weighted by Gasteiger charge is -2.38. The van der Waals surface area contributed by atoms with Gasteiger partial charge >= 0.3 is 0 Å². The van der Waals surface area contributed by atoms with Crippen LogP contribution in [0.25, 0.3) is 0 Å². The van der Waals surface area contributed by atoms with Crippen molar-refractivity contribution in [2.75, 3.05) is 39.3 Å². The monoisotopic (exact) mass is 538 g/mol. The summed E-state index contributed by atoms with van der Waals surface area (Å²) in [4.78, 5) is 4.84. The van der Waals surface area contributed by atoms with Gasteiger partial charge in [-0.2, -0.15) is 0 Å². The maximum Gasteiger partial charge on any atom is 0.0900 e. The van der Waals surface area contributed by atoms with E-state index in [9.17, 15) is 5.11 Å². The van der Waals surface area contributed by atoms with Gasteiger partial charge < -0.3 is 9.84 Å². The molecule has 0 aliphatic carbocycles. The number of piperazine rings is 1. The third-order valence-corrected chi connectivity index (χ3v) is 6.20. The zero-order valence-electron chi connectivity index (χ0n) is 15.8. The Morgan fingerprint density at radius 3 is 2.07 bits per heavy atom. The Balaban J connectivity index is 0.00000196. The Hall–Kier alpha value is -0.410. The van der Waals surface area contributed by atoms with Crippen molar-refractivity contribution >= 4 is 47.4 Å². The number of ether oxygens (including phenoxy) is 1. The highest BCUT2D eigenvalue weighted by Crippen LogP contribution is 2.28. The van der Waals surface area contributed by atoms with Crippen LogP contribution >= 0.6 is 47.4 Å². The highest BCUT2D eigenvalue weighted by atomic mass is 127. The highest BCUT2D eigenvalue weighted by Gasteiger charge is 2.24. The summed E-state index contributed by atoms with van der Waals surface area (Å²) in [7, 11) is 0. The lowest BCUT2D eigenvalue weighted by molar-refractivity contribution is 0.00100. The van der Waals surface area contributed by atoms with Crippen molar-refractivity contribution in [3.05, 3.63) is 71.8 Å². The van der Waals surface area contributed by atoms with E-state index in [1.807, 2.05) is 30.3 Å². The Morgan fingerprint density at radius 2 is 1.46 bits per heavy atom. The first-order valence-corrected chi connectivity index (χ1v) is 10.4. The van der Waals surface area contributed by atoms with Gasteiger partial charge in [0, 0.05) is 32.7 Å². The number of aliphatic hydroxyl groups is 1. The summed E-state index contributed by atoms with van der Waals surface area (Å²) in [5.41, 5.74) is 2.50. The fourth-order valence-corrected chi connectivity index (χ4v) is 4.21. The fourth-order valence-electron chi connectivity index (χ4n) is 3.23. The van der Waals surface area contributed by atoms with Gasteiger partial charge in [-0.05, 0) is 11.1 Å². The molecular weight excluding hydrogens is 510 g/mol. The lowest BCUT2D eigenvalue weighted by Crippen LogP contribution is -2.49. The molecule has 2 unspecified atom stereocenters. The zero-order valence-corrected chi connectivity index (χ0v) is 19.6. The smallest absolute Gasteiger partial charge is 0.0900 e. The first kappa shape index (κ1) is 25.6. The van der Waals surface area contributed by atoms with E-state index in [4.69, 9.17) is 4.74 Å². The number of hydrogen-bond donors (Lipinski definition) is 1. The van der Waals surface area contributed by atoms with Crippen molar-refractivity contribution in [2.45, 2.75) is 16.8 Å². The van der Waals surface area contributed by atoms with E-state index in [0.29, 0.717) is 23.8 Å². The number of rotatable bonds is 8. The van der Waals surface area contributed by atoms with Crippen molar-refractivity contribution < 1.29 is 9.84 Å². The second-order valence-electron chi connectivity index (χ2n) is 6.74. The molecule has 4 nitrogen and oxygen atoms in total. The maximum atomic E-state index is 10.3. The molecule has 2 atom stereocenters. The molecule has 1 aliphatic heterocycles. The second kappa shape index (κ2) is 13.7. The lowest BCUT2D eigenvalue weighted by atomic mass is 10.2. The minimum absolute atomic E-state index is 0. The molecule has 3 rings (SSSR count). The molecule has 1 N–H and O–H groups in total. The third kappa shape index (κ3) is 8.14. The molecule has 156 valence electrons. The Bertz CT molecular complexity index is 643. The number of benzene rings is 2. The van der Waals surface area contributed by atoms with Gasteiger partial charge in [0.1, 0.15) is 0 Å². The van der Waals surface area contributed by atoms with Crippen LogP contribution in [-0.4, -0.2) is 60.3 Å². The average molecular weight is 539 g/mol. The number of β-amino-alcohol motifs (C(OH)–C–C–N with tert-alkyl or cyclic N) is 1. The van der Waals surface area contributed by atoms with E-state index in [2.05, 4.69) is 62.7 Å². The number of halogens is 3. The molecule has 2 aromatic rings. The van der Waals surface area contributed by atoms with Gasteiger partial charge in [0.25, 0.3) is 0 Å². The Labute approximate surface area is 194 Å². The van der Waals surface area contributed by atoms with Crippen molar-refractivity contribution in [1.29, 1.82) is 0 Å². The molecule has 0 spiro atoms. The standard InChI is InChI=1S/C21H27IN2O2.2ClH/c22-21(19-9-5-2-6-10-19)24-13-11-23(12-14-24)15-20(25)17-26-16-18-7-3-1-4-8-18;;/h1-10,20-21,25H,11-17H2;2*1H. The quantitative estimate of drug-likeness (QED) is 0.311. The Kier molecular flexibility index (Phi) is 12.6. The summed E-state index contributed by atoms with van der Waals surface area (Å²) >= 11 is 2.52. The summed E-state index contributed by atoms with van der Waals surface area (Å²) in [6, 6.07) is 20.7. The molecule has 0 radical (unpaired) electrons. The van der Waals surface area contributed by atoms with Crippen LogP contribution < -0.4 is 0 Å². The van der Waals surface area contributed by atoms with Crippen LogP contribution in [0.4, 0.5) is 0 Å². The van der Waals surface area contributed by atoms with Gasteiger partial charge in [-0.1, -0.05) is 83.3 Å².